The summed E-state index contributed by atoms with van der Waals surface area (Å²) in [5, 5.41) is 16.9. The highest BCUT2D eigenvalue weighted by Crippen LogP contribution is 2.37. The third-order valence-electron chi connectivity index (χ3n) is 3.76. The first-order valence-electron chi connectivity index (χ1n) is 7.83. The molecule has 1 saturated carbocycles. The summed E-state index contributed by atoms with van der Waals surface area (Å²) in [6.07, 6.45) is 7.24. The molecule has 0 amide bonds. The maximum absolute atomic E-state index is 5.28. The number of anilines is 1. The van der Waals surface area contributed by atoms with Crippen molar-refractivity contribution in [3.63, 3.8) is 0 Å². The molecule has 6 nitrogen and oxygen atoms in total. The van der Waals surface area contributed by atoms with Crippen LogP contribution in [0.1, 0.15) is 62.9 Å². The van der Waals surface area contributed by atoms with Crippen LogP contribution in [0.2, 0.25) is 0 Å². The van der Waals surface area contributed by atoms with Crippen molar-refractivity contribution in [2.24, 2.45) is 0 Å². The maximum Gasteiger partial charge on any atom is 0.239 e. The lowest BCUT2D eigenvalue weighted by molar-refractivity contribution is 0.375. The monoisotopic (exact) mass is 339 g/mol. The Kier molecular flexibility index (Phi) is 5.30. The van der Waals surface area contributed by atoms with Crippen molar-refractivity contribution in [3.05, 3.63) is 11.7 Å². The van der Waals surface area contributed by atoms with Crippen molar-refractivity contribution in [1.29, 1.82) is 0 Å². The molecule has 3 rings (SSSR count). The van der Waals surface area contributed by atoms with Gasteiger partial charge in [0, 0.05) is 12.5 Å². The highest BCUT2D eigenvalue weighted by atomic mass is 32.2. The minimum atomic E-state index is 0.0864. The van der Waals surface area contributed by atoms with Crippen molar-refractivity contribution < 1.29 is 4.52 Å². The Bertz CT molecular complexity index is 594. The smallest absolute Gasteiger partial charge is 0.239 e. The van der Waals surface area contributed by atoms with Gasteiger partial charge in [-0.15, -0.1) is 10.2 Å². The van der Waals surface area contributed by atoms with E-state index in [0.717, 1.165) is 21.7 Å². The zero-order chi connectivity index (χ0) is 15.4. The number of thioether (sulfide) groups is 1. The van der Waals surface area contributed by atoms with E-state index in [0.29, 0.717) is 11.9 Å². The molecule has 22 heavy (non-hydrogen) atoms. The molecule has 1 aliphatic rings. The molecule has 0 aliphatic heterocycles. The predicted octanol–water partition coefficient (Wildman–Crippen LogP) is 4.08. The molecule has 1 aliphatic carbocycles. The van der Waals surface area contributed by atoms with Crippen LogP contribution in [-0.4, -0.2) is 26.4 Å². The molecule has 2 heterocycles. The molecule has 8 heteroatoms. The molecule has 1 atom stereocenters. The number of nitrogens with zero attached hydrogens (tertiary/aromatic N) is 4. The topological polar surface area (TPSA) is 76.7 Å². The zero-order valence-corrected chi connectivity index (χ0v) is 14.5. The van der Waals surface area contributed by atoms with Crippen molar-refractivity contribution in [2.75, 3.05) is 5.32 Å². The second-order valence-corrected chi connectivity index (χ2v) is 8.08. The second-order valence-electron chi connectivity index (χ2n) is 5.51. The van der Waals surface area contributed by atoms with Crippen LogP contribution in [0.25, 0.3) is 0 Å². The molecule has 120 valence electrons. The van der Waals surface area contributed by atoms with Gasteiger partial charge in [0.1, 0.15) is 0 Å². The van der Waals surface area contributed by atoms with Crippen LogP contribution >= 0.6 is 23.1 Å². The van der Waals surface area contributed by atoms with Gasteiger partial charge in [-0.2, -0.15) is 4.98 Å². The number of nitrogens with one attached hydrogen (secondary N) is 1. The summed E-state index contributed by atoms with van der Waals surface area (Å²) < 4.78 is 6.21. The summed E-state index contributed by atoms with van der Waals surface area (Å²) in [5.41, 5.74) is 0. The van der Waals surface area contributed by atoms with Gasteiger partial charge in [-0.1, -0.05) is 54.4 Å². The quantitative estimate of drug-likeness (QED) is 0.794. The Labute approximate surface area is 138 Å². The second kappa shape index (κ2) is 7.41. The van der Waals surface area contributed by atoms with E-state index in [1.807, 2.05) is 13.8 Å². The molecule has 0 saturated heterocycles. The normalized spacial score (nSPS) is 17.5. The average Bonchev–Trinajstić information content (AvgIpc) is 3.17. The first kappa shape index (κ1) is 15.7. The fourth-order valence-corrected chi connectivity index (χ4v) is 4.52. The van der Waals surface area contributed by atoms with Crippen LogP contribution in [0.15, 0.2) is 8.86 Å². The van der Waals surface area contributed by atoms with Gasteiger partial charge in [-0.3, -0.25) is 0 Å². The van der Waals surface area contributed by atoms with Crippen molar-refractivity contribution in [2.45, 2.75) is 68.0 Å². The van der Waals surface area contributed by atoms with Crippen LogP contribution in [0, 0.1) is 0 Å². The molecule has 1 fully saturated rings. The van der Waals surface area contributed by atoms with E-state index in [4.69, 9.17) is 4.52 Å². The fraction of sp³-hybridized carbons (Fsp3) is 0.714. The van der Waals surface area contributed by atoms with Gasteiger partial charge in [0.25, 0.3) is 0 Å². The summed E-state index contributed by atoms with van der Waals surface area (Å²) in [5.74, 6) is 1.40. The van der Waals surface area contributed by atoms with Crippen LogP contribution in [0.3, 0.4) is 0 Å². The van der Waals surface area contributed by atoms with E-state index in [2.05, 4.69) is 25.7 Å². The highest BCUT2D eigenvalue weighted by Gasteiger charge is 2.19. The highest BCUT2D eigenvalue weighted by molar-refractivity contribution is 8.01. The number of hydrogen-bond acceptors (Lipinski definition) is 8. The van der Waals surface area contributed by atoms with E-state index in [1.54, 1.807) is 23.1 Å². The van der Waals surface area contributed by atoms with Crippen LogP contribution in [0.4, 0.5) is 5.13 Å². The molecular weight excluding hydrogens is 318 g/mol. The molecule has 0 spiro atoms. The molecule has 2 aromatic rings. The lowest BCUT2D eigenvalue weighted by Crippen LogP contribution is -2.21. The van der Waals surface area contributed by atoms with Crippen LogP contribution < -0.4 is 5.32 Å². The molecule has 1 N–H and O–H groups in total. The fourth-order valence-electron chi connectivity index (χ4n) is 2.52. The van der Waals surface area contributed by atoms with Gasteiger partial charge in [0.2, 0.25) is 11.0 Å². The first-order valence-corrected chi connectivity index (χ1v) is 9.53. The minimum absolute atomic E-state index is 0.0864. The van der Waals surface area contributed by atoms with E-state index in [-0.39, 0.29) is 5.25 Å². The first-order chi connectivity index (χ1) is 10.7. The van der Waals surface area contributed by atoms with E-state index >= 15 is 0 Å². The van der Waals surface area contributed by atoms with Crippen LogP contribution in [-0.2, 0) is 6.42 Å². The average molecular weight is 339 g/mol. The lowest BCUT2D eigenvalue weighted by atomic mass is 9.96. The van der Waals surface area contributed by atoms with Crippen molar-refractivity contribution >= 4 is 28.2 Å². The van der Waals surface area contributed by atoms with Crippen molar-refractivity contribution in [1.82, 2.24) is 20.3 Å². The number of aryl methyl sites for hydroxylation is 1. The van der Waals surface area contributed by atoms with E-state index < -0.39 is 0 Å². The van der Waals surface area contributed by atoms with E-state index in [9.17, 15) is 0 Å². The SMILES string of the molecule is CCc1noc(C(C)Sc2nnc(NC3CCCCC3)s2)n1. The Hall–Kier alpha value is -1.15. The Morgan fingerprint density at radius 1 is 1.32 bits per heavy atom. The molecule has 0 radical (unpaired) electrons. The van der Waals surface area contributed by atoms with E-state index in [1.165, 1.54) is 32.1 Å². The predicted molar refractivity (Wildman–Crippen MR) is 88.4 cm³/mol. The zero-order valence-electron chi connectivity index (χ0n) is 12.9. The van der Waals surface area contributed by atoms with Gasteiger partial charge in [0.05, 0.1) is 5.25 Å². The van der Waals surface area contributed by atoms with Crippen molar-refractivity contribution in [3.8, 4) is 0 Å². The number of hydrogen-bond donors (Lipinski definition) is 1. The maximum atomic E-state index is 5.28. The van der Waals surface area contributed by atoms with Gasteiger partial charge in [0.15, 0.2) is 10.2 Å². The summed E-state index contributed by atoms with van der Waals surface area (Å²) in [4.78, 5) is 4.37. The standard InChI is InChI=1S/C14H21N5OS2/c1-3-11-16-12(20-19-11)9(2)21-14-18-17-13(22-14)15-10-7-5-4-6-8-10/h9-10H,3-8H2,1-2H3,(H,15,17). The third-order valence-corrected chi connectivity index (χ3v) is 5.79. The summed E-state index contributed by atoms with van der Waals surface area (Å²) in [7, 11) is 0. The van der Waals surface area contributed by atoms with Crippen LogP contribution in [0.5, 0.6) is 0 Å². The van der Waals surface area contributed by atoms with Gasteiger partial charge < -0.3 is 9.84 Å². The molecule has 2 aromatic heterocycles. The Balaban J connectivity index is 1.56. The summed E-state index contributed by atoms with van der Waals surface area (Å²) in [6.45, 7) is 4.06. The van der Waals surface area contributed by atoms with Gasteiger partial charge >= 0.3 is 0 Å². The Morgan fingerprint density at radius 3 is 2.86 bits per heavy atom. The molecular formula is C14H21N5OS2. The molecule has 0 aromatic carbocycles. The van der Waals surface area contributed by atoms with Gasteiger partial charge in [-0.25, -0.2) is 0 Å². The molecule has 0 bridgehead atoms. The number of aromatic nitrogens is 4. The Morgan fingerprint density at radius 2 is 2.14 bits per heavy atom. The minimum Gasteiger partial charge on any atom is -0.357 e. The van der Waals surface area contributed by atoms with Gasteiger partial charge in [-0.05, 0) is 19.8 Å². The summed E-state index contributed by atoms with van der Waals surface area (Å²) >= 11 is 3.21. The third kappa shape index (κ3) is 3.98. The summed E-state index contributed by atoms with van der Waals surface area (Å²) in [6, 6.07) is 0.556. The lowest BCUT2D eigenvalue weighted by Gasteiger charge is -2.21. The number of rotatable bonds is 6. The largest absolute Gasteiger partial charge is 0.357 e. The molecule has 1 unspecified atom stereocenters.